The third-order valence-corrected chi connectivity index (χ3v) is 3.05. The number of alkyl carbamates (subject to hydrolysis) is 1. The molecule has 1 rings (SSSR count). The summed E-state index contributed by atoms with van der Waals surface area (Å²) in [5.74, 6) is -0.298. The summed E-state index contributed by atoms with van der Waals surface area (Å²) in [7, 11) is 0. The number of rotatable bonds is 5. The molecule has 1 fully saturated rings. The van der Waals surface area contributed by atoms with Gasteiger partial charge in [-0.05, 0) is 25.7 Å². The van der Waals surface area contributed by atoms with Gasteiger partial charge in [0, 0.05) is 6.92 Å². The van der Waals surface area contributed by atoms with E-state index < -0.39 is 6.09 Å². The van der Waals surface area contributed by atoms with Crippen molar-refractivity contribution in [2.45, 2.75) is 64.5 Å². The predicted octanol–water partition coefficient (Wildman–Crippen LogP) is 2.39. The SMILES string of the molecule is CCCCOC(=O)N[C@@H]1CCCCC1OC(C)=O. The number of carbonyl (C=O) groups is 2. The highest BCUT2D eigenvalue weighted by Crippen LogP contribution is 2.21. The third-order valence-electron chi connectivity index (χ3n) is 3.05. The van der Waals surface area contributed by atoms with Gasteiger partial charge in [-0.1, -0.05) is 19.8 Å². The molecule has 0 spiro atoms. The standard InChI is InChI=1S/C13H23NO4/c1-3-4-9-17-13(16)14-11-7-5-6-8-12(11)18-10(2)15/h11-12H,3-9H2,1-2H3,(H,14,16)/t11-,12?/m1/s1. The van der Waals surface area contributed by atoms with Crippen molar-refractivity contribution in [1.29, 1.82) is 0 Å². The van der Waals surface area contributed by atoms with Gasteiger partial charge in [-0.3, -0.25) is 4.79 Å². The Morgan fingerprint density at radius 1 is 1.28 bits per heavy atom. The molecule has 0 saturated heterocycles. The third kappa shape index (κ3) is 5.38. The molecule has 1 unspecified atom stereocenters. The monoisotopic (exact) mass is 257 g/mol. The van der Waals surface area contributed by atoms with Crippen molar-refractivity contribution >= 4 is 12.1 Å². The molecule has 0 aromatic heterocycles. The van der Waals surface area contributed by atoms with Gasteiger partial charge in [0.05, 0.1) is 12.6 Å². The zero-order chi connectivity index (χ0) is 13.4. The quantitative estimate of drug-likeness (QED) is 0.606. The van der Waals surface area contributed by atoms with E-state index in [-0.39, 0.29) is 18.1 Å². The average molecular weight is 257 g/mol. The molecular weight excluding hydrogens is 234 g/mol. The zero-order valence-corrected chi connectivity index (χ0v) is 11.2. The number of carbonyl (C=O) groups excluding carboxylic acids is 2. The van der Waals surface area contributed by atoms with Gasteiger partial charge in [0.2, 0.25) is 0 Å². The number of amides is 1. The van der Waals surface area contributed by atoms with E-state index in [1.165, 1.54) is 6.92 Å². The molecule has 5 nitrogen and oxygen atoms in total. The van der Waals surface area contributed by atoms with Crippen LogP contribution >= 0.6 is 0 Å². The maximum atomic E-state index is 11.5. The molecular formula is C13H23NO4. The Morgan fingerprint density at radius 3 is 2.67 bits per heavy atom. The topological polar surface area (TPSA) is 64.6 Å². The second-order valence-electron chi connectivity index (χ2n) is 4.67. The molecule has 0 bridgehead atoms. The van der Waals surface area contributed by atoms with Crippen molar-refractivity contribution in [2.24, 2.45) is 0 Å². The fourth-order valence-electron chi connectivity index (χ4n) is 2.12. The van der Waals surface area contributed by atoms with Crippen molar-refractivity contribution in [1.82, 2.24) is 5.32 Å². The Morgan fingerprint density at radius 2 is 2.00 bits per heavy atom. The Labute approximate surface area is 108 Å². The fourth-order valence-corrected chi connectivity index (χ4v) is 2.12. The van der Waals surface area contributed by atoms with Crippen molar-refractivity contribution in [3.63, 3.8) is 0 Å². The summed E-state index contributed by atoms with van der Waals surface area (Å²) in [5, 5.41) is 2.79. The van der Waals surface area contributed by atoms with Crippen molar-refractivity contribution in [3.8, 4) is 0 Å². The van der Waals surface area contributed by atoms with Crippen LogP contribution in [-0.4, -0.2) is 30.8 Å². The summed E-state index contributed by atoms with van der Waals surface area (Å²) < 4.78 is 10.3. The van der Waals surface area contributed by atoms with Gasteiger partial charge in [-0.2, -0.15) is 0 Å². The number of unbranched alkanes of at least 4 members (excludes halogenated alkanes) is 1. The van der Waals surface area contributed by atoms with Crippen LogP contribution < -0.4 is 5.32 Å². The molecule has 0 aromatic carbocycles. The summed E-state index contributed by atoms with van der Waals surface area (Å²) in [5.41, 5.74) is 0. The number of nitrogens with one attached hydrogen (secondary N) is 1. The average Bonchev–Trinajstić information content (AvgIpc) is 2.31. The van der Waals surface area contributed by atoms with E-state index in [0.717, 1.165) is 38.5 Å². The van der Waals surface area contributed by atoms with E-state index in [4.69, 9.17) is 9.47 Å². The molecule has 1 aliphatic carbocycles. The Hall–Kier alpha value is -1.26. The highest BCUT2D eigenvalue weighted by atomic mass is 16.6. The van der Waals surface area contributed by atoms with Crippen LogP contribution in [0, 0.1) is 0 Å². The smallest absolute Gasteiger partial charge is 0.407 e. The molecule has 0 heterocycles. The lowest BCUT2D eigenvalue weighted by molar-refractivity contribution is -0.149. The number of hydrogen-bond acceptors (Lipinski definition) is 4. The molecule has 18 heavy (non-hydrogen) atoms. The maximum Gasteiger partial charge on any atom is 0.407 e. The van der Waals surface area contributed by atoms with E-state index in [9.17, 15) is 9.59 Å². The fraction of sp³-hybridized carbons (Fsp3) is 0.846. The van der Waals surface area contributed by atoms with Gasteiger partial charge in [0.25, 0.3) is 0 Å². The molecule has 1 amide bonds. The van der Waals surface area contributed by atoms with Crippen LogP contribution in [0.4, 0.5) is 4.79 Å². The minimum absolute atomic E-state index is 0.114. The van der Waals surface area contributed by atoms with Crippen LogP contribution in [0.2, 0.25) is 0 Å². The second kappa shape index (κ2) is 7.95. The highest BCUT2D eigenvalue weighted by molar-refractivity contribution is 5.68. The van der Waals surface area contributed by atoms with Gasteiger partial charge in [-0.15, -0.1) is 0 Å². The first kappa shape index (κ1) is 14.8. The van der Waals surface area contributed by atoms with Crippen molar-refractivity contribution < 1.29 is 19.1 Å². The molecule has 0 aliphatic heterocycles. The first-order valence-electron chi connectivity index (χ1n) is 6.74. The lowest BCUT2D eigenvalue weighted by atomic mass is 9.92. The summed E-state index contributed by atoms with van der Waals surface area (Å²) >= 11 is 0. The van der Waals surface area contributed by atoms with Crippen LogP contribution in [0.5, 0.6) is 0 Å². The van der Waals surface area contributed by atoms with E-state index in [2.05, 4.69) is 5.32 Å². The zero-order valence-electron chi connectivity index (χ0n) is 11.2. The number of ether oxygens (including phenoxy) is 2. The van der Waals surface area contributed by atoms with Crippen LogP contribution in [0.25, 0.3) is 0 Å². The van der Waals surface area contributed by atoms with Gasteiger partial charge in [-0.25, -0.2) is 4.79 Å². The molecule has 104 valence electrons. The summed E-state index contributed by atoms with van der Waals surface area (Å²) in [6.07, 6.45) is 4.94. The molecule has 1 aliphatic rings. The van der Waals surface area contributed by atoms with Gasteiger partial charge >= 0.3 is 12.1 Å². The predicted molar refractivity (Wildman–Crippen MR) is 67.2 cm³/mol. The molecule has 0 aromatic rings. The van der Waals surface area contributed by atoms with Crippen LogP contribution in [-0.2, 0) is 14.3 Å². The highest BCUT2D eigenvalue weighted by Gasteiger charge is 2.29. The van der Waals surface area contributed by atoms with Gasteiger partial charge in [0.15, 0.2) is 0 Å². The summed E-state index contributed by atoms with van der Waals surface area (Å²) in [6, 6.07) is -0.114. The maximum absolute atomic E-state index is 11.5. The van der Waals surface area contributed by atoms with E-state index in [1.807, 2.05) is 6.92 Å². The van der Waals surface area contributed by atoms with Crippen molar-refractivity contribution in [2.75, 3.05) is 6.61 Å². The molecule has 1 saturated carbocycles. The lowest BCUT2D eigenvalue weighted by Crippen LogP contribution is -2.47. The summed E-state index contributed by atoms with van der Waals surface area (Å²) in [4.78, 5) is 22.5. The first-order chi connectivity index (χ1) is 8.63. The van der Waals surface area contributed by atoms with Gasteiger partial charge in [0.1, 0.15) is 6.10 Å². The first-order valence-corrected chi connectivity index (χ1v) is 6.74. The normalized spacial score (nSPS) is 23.2. The Balaban J connectivity index is 2.36. The lowest BCUT2D eigenvalue weighted by Gasteiger charge is -2.31. The summed E-state index contributed by atoms with van der Waals surface area (Å²) in [6.45, 7) is 3.87. The van der Waals surface area contributed by atoms with E-state index >= 15 is 0 Å². The minimum Gasteiger partial charge on any atom is -0.460 e. The second-order valence-corrected chi connectivity index (χ2v) is 4.67. The van der Waals surface area contributed by atoms with Crippen molar-refractivity contribution in [3.05, 3.63) is 0 Å². The number of hydrogen-bond donors (Lipinski definition) is 1. The minimum atomic E-state index is -0.410. The van der Waals surface area contributed by atoms with Crippen LogP contribution in [0.3, 0.4) is 0 Å². The van der Waals surface area contributed by atoms with E-state index in [0.29, 0.717) is 6.61 Å². The van der Waals surface area contributed by atoms with E-state index in [1.54, 1.807) is 0 Å². The number of esters is 1. The molecule has 5 heteroatoms. The molecule has 2 atom stereocenters. The Kier molecular flexibility index (Phi) is 6.54. The van der Waals surface area contributed by atoms with Gasteiger partial charge < -0.3 is 14.8 Å². The molecule has 1 N–H and O–H groups in total. The van der Waals surface area contributed by atoms with Crippen LogP contribution in [0.15, 0.2) is 0 Å². The molecule has 0 radical (unpaired) electrons. The largest absolute Gasteiger partial charge is 0.460 e. The Bertz CT molecular complexity index is 280. The van der Waals surface area contributed by atoms with Crippen LogP contribution in [0.1, 0.15) is 52.4 Å².